The third kappa shape index (κ3) is 18.6. The van der Waals surface area contributed by atoms with Gasteiger partial charge in [-0.25, -0.2) is 0 Å². The van der Waals surface area contributed by atoms with Gasteiger partial charge in [-0.05, 0) is 0 Å². The van der Waals surface area contributed by atoms with Gasteiger partial charge in [0.1, 0.15) is 0 Å². The summed E-state index contributed by atoms with van der Waals surface area (Å²) in [5.74, 6) is 2.39. The van der Waals surface area contributed by atoms with E-state index in [1.807, 2.05) is 11.8 Å². The second-order valence-electron chi connectivity index (χ2n) is 1.50. The Labute approximate surface area is 109 Å². The topological polar surface area (TPSA) is 23.9 Å². The Kier molecular flexibility index (Phi) is 30.0. The minimum atomic E-state index is 0. The van der Waals surface area contributed by atoms with Crippen LogP contribution in [0.4, 0.5) is 0 Å². The predicted molar refractivity (Wildman–Crippen MR) is 46.9 cm³/mol. The Morgan fingerprint density at radius 1 is 1.45 bits per heavy atom. The molecule has 0 aromatic heterocycles. The van der Waals surface area contributed by atoms with E-state index in [0.29, 0.717) is 21.2 Å². The van der Waals surface area contributed by atoms with Gasteiger partial charge in [0.05, 0.1) is 0 Å². The molecule has 4 heteroatoms. The number of rotatable bonds is 6. The molecule has 0 aliphatic carbocycles. The van der Waals surface area contributed by atoms with Crippen molar-refractivity contribution in [3.05, 3.63) is 7.43 Å². The Hall–Kier alpha value is 1.80. The van der Waals surface area contributed by atoms with Gasteiger partial charge in [-0.1, -0.05) is 0 Å². The first-order valence-electron chi connectivity index (χ1n) is 2.83. The molecule has 11 heavy (non-hydrogen) atoms. The van der Waals surface area contributed by atoms with E-state index >= 15 is 0 Å². The van der Waals surface area contributed by atoms with Crippen LogP contribution in [-0.4, -0.2) is 27.1 Å². The second-order valence-corrected chi connectivity index (χ2v) is 5.32. The molecule has 66 valence electrons. The summed E-state index contributed by atoms with van der Waals surface area (Å²) in [7, 11) is 0. The van der Waals surface area contributed by atoms with E-state index in [1.165, 1.54) is 10.2 Å². The molecule has 0 fully saturated rings. The molecule has 0 spiro atoms. The maximum absolute atomic E-state index is 6.63. The van der Waals surface area contributed by atoms with Gasteiger partial charge in [-0.2, -0.15) is 0 Å². The Bertz CT molecular complexity index is 73.5. The van der Waals surface area contributed by atoms with Crippen LogP contribution in [0.2, 0.25) is 0 Å². The molecule has 0 aliphatic heterocycles. The van der Waals surface area contributed by atoms with Crippen molar-refractivity contribution in [2.45, 2.75) is 6.42 Å². The zero-order chi connectivity index (χ0) is 6.95. The van der Waals surface area contributed by atoms with Crippen molar-refractivity contribution in [3.8, 4) is 0 Å². The zero-order valence-electron chi connectivity index (χ0n) is 7.11. The van der Waals surface area contributed by atoms with Crippen LogP contribution in [0.5, 0.6) is 0 Å². The van der Waals surface area contributed by atoms with Gasteiger partial charge in [-0.3, -0.25) is 0 Å². The average Bonchev–Trinajstić information content (AvgIpc) is 1.89. The van der Waals surface area contributed by atoms with Crippen LogP contribution in [0.15, 0.2) is 0 Å². The minimum Gasteiger partial charge on any atom is -0.358 e. The smallest absolute Gasteiger partial charge is 0.358 e. The van der Waals surface area contributed by atoms with E-state index < -0.39 is 0 Å². The fraction of sp³-hybridized carbons (Fsp3) is 0.714. The first-order valence-corrected chi connectivity index (χ1v) is 7.66. The van der Waals surface area contributed by atoms with Crippen LogP contribution in [0, 0.1) is 43.9 Å². The molecule has 0 saturated heterocycles. The third-order valence-corrected chi connectivity index (χ3v) is 4.12. The zero-order valence-corrected chi connectivity index (χ0v) is 14.3. The molecular formula is C7H15INSU-. The van der Waals surface area contributed by atoms with Crippen molar-refractivity contribution >= 4 is 18.0 Å². The maximum Gasteiger partial charge on any atom is 2.00 e. The van der Waals surface area contributed by atoms with Crippen LogP contribution in [-0.2, 0) is 0 Å². The summed E-state index contributed by atoms with van der Waals surface area (Å²) in [6, 6.07) is 0. The summed E-state index contributed by atoms with van der Waals surface area (Å²) in [5.41, 5.74) is 0. The van der Waals surface area contributed by atoms with Gasteiger partial charge >= 0.3 is 103 Å². The first-order chi connectivity index (χ1) is 4.41. The van der Waals surface area contributed by atoms with E-state index in [0.717, 1.165) is 12.2 Å². The second kappa shape index (κ2) is 17.8. The number of nitrogens with one attached hydrogen (secondary N) is 1. The Morgan fingerprint density at radius 2 is 2.09 bits per heavy atom. The number of halogens is 1. The standard InChI is InChI=1S/C6H12INS.CH3.U/c1-7-3-6-9-5-2-4-8;;/h8H,2-3,5-6H2,1H3;1H3;/q-2;-1;+2. The largest absolute Gasteiger partial charge is 2.00 e. The van der Waals surface area contributed by atoms with E-state index in [1.54, 1.807) is 0 Å². The number of thioether (sulfide) groups is 1. The normalized spacial score (nSPS) is 8.09. The molecule has 0 aromatic rings. The van der Waals surface area contributed by atoms with Gasteiger partial charge in [0, 0.05) is 0 Å². The van der Waals surface area contributed by atoms with Crippen LogP contribution in [0.3, 0.4) is 0 Å². The van der Waals surface area contributed by atoms with Gasteiger partial charge in [0.2, 0.25) is 0 Å². The average molecular weight is 510 g/mol. The van der Waals surface area contributed by atoms with Crippen molar-refractivity contribution in [2.75, 3.05) is 20.9 Å². The quantitative estimate of drug-likeness (QED) is 0.157. The van der Waals surface area contributed by atoms with Crippen LogP contribution in [0.1, 0.15) is 6.42 Å². The fourth-order valence-electron chi connectivity index (χ4n) is 0.357. The molecule has 1 nitrogen and oxygen atoms in total. The summed E-state index contributed by atoms with van der Waals surface area (Å²) in [6.07, 6.45) is 3.21. The molecule has 0 rings (SSSR count). The molecule has 0 radical (unpaired) electrons. The molecule has 0 aliphatic rings. The van der Waals surface area contributed by atoms with Crippen molar-refractivity contribution in [3.63, 3.8) is 0 Å². The monoisotopic (exact) mass is 510 g/mol. The molecule has 0 amide bonds. The Morgan fingerprint density at radius 3 is 2.55 bits per heavy atom. The summed E-state index contributed by atoms with van der Waals surface area (Å²) >= 11 is 2.44. The summed E-state index contributed by atoms with van der Waals surface area (Å²) in [4.78, 5) is 2.31. The SMILES string of the molecule is C[I-]CCSCC[C-]=N.[CH3-].[U+2]. The van der Waals surface area contributed by atoms with Crippen LogP contribution >= 0.6 is 11.8 Å². The number of hydrogen-bond acceptors (Lipinski definition) is 2. The molecule has 0 heterocycles. The van der Waals surface area contributed by atoms with E-state index in [9.17, 15) is 0 Å². The number of hydrogen-bond donors (Lipinski definition) is 1. The molecule has 0 bridgehead atoms. The molecule has 0 aromatic carbocycles. The van der Waals surface area contributed by atoms with Gasteiger partial charge in [-0.15, -0.1) is 0 Å². The van der Waals surface area contributed by atoms with Crippen molar-refractivity contribution < 1.29 is 52.3 Å². The predicted octanol–water partition coefficient (Wildman–Crippen LogP) is -1.19. The van der Waals surface area contributed by atoms with Gasteiger partial charge in [0.25, 0.3) is 0 Å². The van der Waals surface area contributed by atoms with Crippen LogP contribution < -0.4 is 21.2 Å². The minimum absolute atomic E-state index is 0. The van der Waals surface area contributed by atoms with Crippen molar-refractivity contribution in [2.24, 2.45) is 0 Å². The maximum atomic E-state index is 6.63. The summed E-state index contributed by atoms with van der Waals surface area (Å²) in [6.45, 7) is 0. The third-order valence-electron chi connectivity index (χ3n) is 0.782. The molecule has 1 N–H and O–H groups in total. The Balaban J connectivity index is -0.000000320. The fourth-order valence-corrected chi connectivity index (χ4v) is 3.33. The first kappa shape index (κ1) is 18.6. The number of alkyl halides is 2. The van der Waals surface area contributed by atoms with E-state index in [2.05, 4.69) is 11.1 Å². The molecule has 0 saturated carbocycles. The summed E-state index contributed by atoms with van der Waals surface area (Å²) in [5, 5.41) is 6.63. The molecular weight excluding hydrogens is 495 g/mol. The molecule has 0 unspecified atom stereocenters. The van der Waals surface area contributed by atoms with E-state index in [4.69, 9.17) is 5.41 Å². The van der Waals surface area contributed by atoms with Crippen molar-refractivity contribution in [1.82, 2.24) is 0 Å². The van der Waals surface area contributed by atoms with E-state index in [-0.39, 0.29) is 38.5 Å². The van der Waals surface area contributed by atoms with Gasteiger partial charge in [0.15, 0.2) is 0 Å². The molecule has 0 atom stereocenters. The van der Waals surface area contributed by atoms with Crippen LogP contribution in [0.25, 0.3) is 0 Å². The van der Waals surface area contributed by atoms with Crippen molar-refractivity contribution in [1.29, 1.82) is 5.41 Å². The van der Waals surface area contributed by atoms with Gasteiger partial charge < -0.3 is 7.43 Å². The summed E-state index contributed by atoms with van der Waals surface area (Å²) < 4.78 is 1.42.